The molecule has 0 amide bonds. The number of hydrogen-bond donors (Lipinski definition) is 0. The van der Waals surface area contributed by atoms with Crippen LogP contribution in [0, 0.1) is 0 Å². The first kappa shape index (κ1) is 11.4. The lowest BCUT2D eigenvalue weighted by molar-refractivity contribution is 0.827. The molecule has 0 aliphatic rings. The number of para-hydroxylation sites is 1. The molecule has 98 valence electrons. The van der Waals surface area contributed by atoms with E-state index in [4.69, 9.17) is 0 Å². The Morgan fingerprint density at radius 2 is 1.55 bits per heavy atom. The van der Waals surface area contributed by atoms with Crippen LogP contribution in [-0.2, 0) is 6.54 Å². The monoisotopic (exact) mass is 260 g/mol. The number of aryl methyl sites for hydroxylation is 1. The lowest BCUT2D eigenvalue weighted by Crippen LogP contribution is -1.93. The van der Waals surface area contributed by atoms with E-state index in [2.05, 4.69) is 83.0 Å². The van der Waals surface area contributed by atoms with E-state index in [1.165, 1.54) is 27.5 Å². The van der Waals surface area contributed by atoms with Crippen LogP contribution in [0.4, 0.5) is 0 Å². The van der Waals surface area contributed by atoms with Crippen molar-refractivity contribution in [2.45, 2.75) is 13.5 Å². The Hall–Kier alpha value is -2.48. The van der Waals surface area contributed by atoms with Gasteiger partial charge in [-0.2, -0.15) is 0 Å². The molecular weight excluding hydrogens is 244 g/mol. The molecule has 0 fully saturated rings. The van der Waals surface area contributed by atoms with Crippen molar-refractivity contribution in [3.8, 4) is 5.69 Å². The highest BCUT2D eigenvalue weighted by Crippen LogP contribution is 2.30. The topological polar surface area (TPSA) is 9.86 Å². The summed E-state index contributed by atoms with van der Waals surface area (Å²) in [6, 6.07) is 19.5. The lowest BCUT2D eigenvalue weighted by atomic mass is 10.1. The van der Waals surface area contributed by atoms with Crippen molar-refractivity contribution in [1.29, 1.82) is 0 Å². The smallest absolute Gasteiger partial charge is 0.0492 e. The van der Waals surface area contributed by atoms with Crippen LogP contribution in [0.1, 0.15) is 6.92 Å². The van der Waals surface area contributed by atoms with Crippen molar-refractivity contribution in [3.63, 3.8) is 0 Å². The molecule has 0 saturated carbocycles. The van der Waals surface area contributed by atoms with Crippen LogP contribution in [0.15, 0.2) is 67.0 Å². The average Bonchev–Trinajstić information content (AvgIpc) is 3.12. The largest absolute Gasteiger partial charge is 0.341 e. The van der Waals surface area contributed by atoms with E-state index in [9.17, 15) is 0 Å². The molecule has 0 aliphatic heterocycles. The van der Waals surface area contributed by atoms with Gasteiger partial charge in [0, 0.05) is 46.4 Å². The van der Waals surface area contributed by atoms with E-state index in [0.29, 0.717) is 0 Å². The van der Waals surface area contributed by atoms with E-state index in [-0.39, 0.29) is 0 Å². The summed E-state index contributed by atoms with van der Waals surface area (Å²) in [5.74, 6) is 0. The second-order valence-electron chi connectivity index (χ2n) is 5.05. The van der Waals surface area contributed by atoms with Gasteiger partial charge < -0.3 is 9.13 Å². The highest BCUT2D eigenvalue weighted by Gasteiger charge is 2.09. The third-order valence-corrected chi connectivity index (χ3v) is 3.97. The predicted octanol–water partition coefficient (Wildman–Crippen LogP) is 4.61. The third-order valence-electron chi connectivity index (χ3n) is 3.97. The molecule has 2 nitrogen and oxygen atoms in total. The molecule has 0 radical (unpaired) electrons. The van der Waals surface area contributed by atoms with Gasteiger partial charge in [-0.1, -0.05) is 18.2 Å². The third kappa shape index (κ3) is 1.51. The molecule has 0 saturated heterocycles. The average molecular weight is 260 g/mol. The highest BCUT2D eigenvalue weighted by atomic mass is 15.0. The zero-order valence-corrected chi connectivity index (χ0v) is 11.5. The van der Waals surface area contributed by atoms with Crippen LogP contribution >= 0.6 is 0 Å². The maximum absolute atomic E-state index is 2.38. The zero-order valence-electron chi connectivity index (χ0n) is 11.5. The van der Waals surface area contributed by atoms with Crippen LogP contribution < -0.4 is 0 Å². The molecule has 2 aromatic carbocycles. The molecule has 2 heterocycles. The first-order chi connectivity index (χ1) is 9.88. The van der Waals surface area contributed by atoms with Crippen molar-refractivity contribution in [3.05, 3.63) is 67.0 Å². The summed E-state index contributed by atoms with van der Waals surface area (Å²) in [7, 11) is 0. The van der Waals surface area contributed by atoms with Gasteiger partial charge in [0.25, 0.3) is 0 Å². The summed E-state index contributed by atoms with van der Waals surface area (Å²) >= 11 is 0. The molecule has 2 aromatic heterocycles. The van der Waals surface area contributed by atoms with Crippen molar-refractivity contribution in [2.24, 2.45) is 0 Å². The SMILES string of the molecule is CCn1c2ccccc2c2cc(-n3cccc3)ccc21. The lowest BCUT2D eigenvalue weighted by Gasteiger charge is -2.05. The van der Waals surface area contributed by atoms with Crippen molar-refractivity contribution in [1.82, 2.24) is 9.13 Å². The number of benzene rings is 2. The van der Waals surface area contributed by atoms with Gasteiger partial charge in [-0.3, -0.25) is 0 Å². The molecule has 4 aromatic rings. The van der Waals surface area contributed by atoms with Gasteiger partial charge in [0.2, 0.25) is 0 Å². The van der Waals surface area contributed by atoms with Gasteiger partial charge in [0.15, 0.2) is 0 Å². The minimum absolute atomic E-state index is 0.993. The number of nitrogens with zero attached hydrogens (tertiary/aromatic N) is 2. The minimum Gasteiger partial charge on any atom is -0.341 e. The van der Waals surface area contributed by atoms with Crippen LogP contribution in [0.5, 0.6) is 0 Å². The first-order valence-electron chi connectivity index (χ1n) is 7.03. The fourth-order valence-corrected chi connectivity index (χ4v) is 3.05. The molecule has 2 heteroatoms. The minimum atomic E-state index is 0.993. The Bertz CT molecular complexity index is 882. The number of hydrogen-bond acceptors (Lipinski definition) is 0. The summed E-state index contributed by atoms with van der Waals surface area (Å²) in [6.07, 6.45) is 4.17. The fourth-order valence-electron chi connectivity index (χ4n) is 3.05. The number of fused-ring (bicyclic) bond motifs is 3. The van der Waals surface area contributed by atoms with Crippen LogP contribution in [0.25, 0.3) is 27.5 Å². The van der Waals surface area contributed by atoms with Crippen molar-refractivity contribution >= 4 is 21.8 Å². The standard InChI is InChI=1S/C18H16N2/c1-2-20-17-8-4-3-7-15(17)16-13-14(9-10-18(16)20)19-11-5-6-12-19/h3-13H,2H2,1H3. The predicted molar refractivity (Wildman–Crippen MR) is 84.4 cm³/mol. The van der Waals surface area contributed by atoms with Crippen LogP contribution in [0.3, 0.4) is 0 Å². The van der Waals surface area contributed by atoms with Gasteiger partial charge in [-0.25, -0.2) is 0 Å². The van der Waals surface area contributed by atoms with Gasteiger partial charge >= 0.3 is 0 Å². The van der Waals surface area contributed by atoms with E-state index in [0.717, 1.165) is 6.54 Å². The number of aromatic nitrogens is 2. The Balaban J connectivity index is 2.10. The second-order valence-corrected chi connectivity index (χ2v) is 5.05. The molecule has 0 atom stereocenters. The van der Waals surface area contributed by atoms with Gasteiger partial charge in [0.1, 0.15) is 0 Å². The summed E-state index contributed by atoms with van der Waals surface area (Å²) < 4.78 is 4.53. The molecule has 0 N–H and O–H groups in total. The maximum Gasteiger partial charge on any atom is 0.0492 e. The zero-order chi connectivity index (χ0) is 13.5. The van der Waals surface area contributed by atoms with E-state index >= 15 is 0 Å². The molecule has 0 aliphatic carbocycles. The first-order valence-corrected chi connectivity index (χ1v) is 7.03. The van der Waals surface area contributed by atoms with Gasteiger partial charge in [-0.15, -0.1) is 0 Å². The normalized spacial score (nSPS) is 11.4. The molecule has 20 heavy (non-hydrogen) atoms. The maximum atomic E-state index is 2.38. The fraction of sp³-hybridized carbons (Fsp3) is 0.111. The van der Waals surface area contributed by atoms with Crippen molar-refractivity contribution in [2.75, 3.05) is 0 Å². The molecule has 4 rings (SSSR count). The Morgan fingerprint density at radius 3 is 2.35 bits per heavy atom. The van der Waals surface area contributed by atoms with Gasteiger partial charge in [-0.05, 0) is 43.3 Å². The summed E-state index contributed by atoms with van der Waals surface area (Å²) in [4.78, 5) is 0. The Kier molecular flexibility index (Phi) is 2.43. The number of rotatable bonds is 2. The molecular formula is C18H16N2. The molecule has 0 spiro atoms. The van der Waals surface area contributed by atoms with E-state index in [1.807, 2.05) is 0 Å². The molecule has 0 unspecified atom stereocenters. The highest BCUT2D eigenvalue weighted by molar-refractivity contribution is 6.08. The summed E-state index contributed by atoms with van der Waals surface area (Å²) in [5.41, 5.74) is 3.83. The van der Waals surface area contributed by atoms with Crippen molar-refractivity contribution < 1.29 is 0 Å². The Morgan fingerprint density at radius 1 is 0.800 bits per heavy atom. The van der Waals surface area contributed by atoms with E-state index < -0.39 is 0 Å². The summed E-state index contributed by atoms with van der Waals surface area (Å²) in [5, 5.41) is 2.66. The van der Waals surface area contributed by atoms with E-state index in [1.54, 1.807) is 0 Å². The van der Waals surface area contributed by atoms with Crippen LogP contribution in [-0.4, -0.2) is 9.13 Å². The summed E-state index contributed by atoms with van der Waals surface area (Å²) in [6.45, 7) is 3.19. The molecule has 0 bridgehead atoms. The second kappa shape index (κ2) is 4.27. The van der Waals surface area contributed by atoms with Gasteiger partial charge in [0.05, 0.1) is 0 Å². The Labute approximate surface area is 117 Å². The quantitative estimate of drug-likeness (QED) is 0.498. The van der Waals surface area contributed by atoms with Crippen LogP contribution in [0.2, 0.25) is 0 Å².